The summed E-state index contributed by atoms with van der Waals surface area (Å²) in [5.74, 6) is 0.895. The number of thioether (sulfide) groups is 1. The van der Waals surface area contributed by atoms with Gasteiger partial charge in [0.25, 0.3) is 0 Å². The van der Waals surface area contributed by atoms with E-state index in [1.165, 1.54) is 10.4 Å². The van der Waals surface area contributed by atoms with Crippen molar-refractivity contribution in [3.05, 3.63) is 27.9 Å². The molecule has 0 aliphatic rings. The van der Waals surface area contributed by atoms with Gasteiger partial charge in [0.1, 0.15) is 4.83 Å². The summed E-state index contributed by atoms with van der Waals surface area (Å²) in [6.07, 6.45) is 2.00. The maximum absolute atomic E-state index is 4.70. The van der Waals surface area contributed by atoms with E-state index in [0.29, 0.717) is 0 Å². The lowest BCUT2D eigenvalue weighted by Gasteiger charge is -2.07. The van der Waals surface area contributed by atoms with Gasteiger partial charge in [0.05, 0.1) is 11.1 Å². The van der Waals surface area contributed by atoms with Crippen molar-refractivity contribution in [2.75, 3.05) is 6.26 Å². The van der Waals surface area contributed by atoms with Crippen molar-refractivity contribution in [2.45, 2.75) is 32.9 Å². The predicted molar refractivity (Wildman–Crippen MR) is 85.3 cm³/mol. The lowest BCUT2D eigenvalue weighted by atomic mass is 10.2. The first kappa shape index (κ1) is 13.6. The van der Waals surface area contributed by atoms with E-state index in [9.17, 15) is 0 Å². The Hall–Kier alpha value is -1.40. The molecule has 0 spiro atoms. The van der Waals surface area contributed by atoms with Crippen LogP contribution in [-0.2, 0) is 0 Å². The third-order valence-corrected chi connectivity index (χ3v) is 5.03. The van der Waals surface area contributed by atoms with Crippen LogP contribution in [-0.4, -0.2) is 26.0 Å². The number of thiophene rings is 1. The molecule has 0 fully saturated rings. The normalized spacial score (nSPS) is 11.4. The Morgan fingerprint density at radius 3 is 2.50 bits per heavy atom. The number of hydrogen-bond donors (Lipinski definition) is 0. The number of fused-ring (bicyclic) bond motifs is 1. The Morgan fingerprint density at radius 2 is 1.90 bits per heavy atom. The minimum atomic E-state index is 0.793. The highest BCUT2D eigenvalue weighted by Gasteiger charge is 2.17. The third-order valence-electron chi connectivity index (χ3n) is 3.38. The summed E-state index contributed by atoms with van der Waals surface area (Å²) < 4.78 is 1.93. The fourth-order valence-electron chi connectivity index (χ4n) is 2.30. The molecule has 20 heavy (non-hydrogen) atoms. The van der Waals surface area contributed by atoms with E-state index in [0.717, 1.165) is 32.6 Å². The first-order valence-electron chi connectivity index (χ1n) is 6.36. The first-order chi connectivity index (χ1) is 9.51. The molecule has 0 bridgehead atoms. The second-order valence-corrected chi connectivity index (χ2v) is 6.81. The van der Waals surface area contributed by atoms with Crippen molar-refractivity contribution in [1.29, 1.82) is 0 Å². The molecule has 0 radical (unpaired) electrons. The van der Waals surface area contributed by atoms with E-state index in [2.05, 4.69) is 36.9 Å². The van der Waals surface area contributed by atoms with Crippen LogP contribution in [0.15, 0.2) is 11.2 Å². The third kappa shape index (κ3) is 2.03. The van der Waals surface area contributed by atoms with E-state index in [1.807, 2.05) is 17.9 Å². The van der Waals surface area contributed by atoms with Gasteiger partial charge in [-0.05, 0) is 45.6 Å². The zero-order valence-corrected chi connectivity index (χ0v) is 13.8. The zero-order chi connectivity index (χ0) is 14.4. The number of rotatable bonds is 2. The van der Waals surface area contributed by atoms with Crippen molar-refractivity contribution < 1.29 is 0 Å². The van der Waals surface area contributed by atoms with Crippen LogP contribution in [0.4, 0.5) is 0 Å². The second kappa shape index (κ2) is 4.86. The molecule has 3 rings (SSSR count). The number of hydrogen-bond acceptors (Lipinski definition) is 5. The van der Waals surface area contributed by atoms with Gasteiger partial charge in [0.2, 0.25) is 0 Å². The Kier molecular flexibility index (Phi) is 3.30. The van der Waals surface area contributed by atoms with Gasteiger partial charge in [-0.2, -0.15) is 5.10 Å². The maximum atomic E-state index is 4.70. The monoisotopic (exact) mass is 304 g/mol. The van der Waals surface area contributed by atoms with Crippen molar-refractivity contribution >= 4 is 33.3 Å². The van der Waals surface area contributed by atoms with E-state index in [-0.39, 0.29) is 0 Å². The second-order valence-electron chi connectivity index (χ2n) is 4.84. The highest BCUT2D eigenvalue weighted by molar-refractivity contribution is 7.98. The quantitative estimate of drug-likeness (QED) is 0.533. The van der Waals surface area contributed by atoms with Crippen LogP contribution >= 0.6 is 23.1 Å². The highest BCUT2D eigenvalue weighted by atomic mass is 32.2. The molecule has 0 atom stereocenters. The topological polar surface area (TPSA) is 43.6 Å². The van der Waals surface area contributed by atoms with Gasteiger partial charge < -0.3 is 0 Å². The summed E-state index contributed by atoms with van der Waals surface area (Å²) in [5.41, 5.74) is 3.35. The van der Waals surface area contributed by atoms with E-state index in [4.69, 9.17) is 4.98 Å². The molecule has 0 saturated heterocycles. The van der Waals surface area contributed by atoms with Crippen LogP contribution in [0.1, 0.15) is 21.8 Å². The fourth-order valence-corrected chi connectivity index (χ4v) is 3.74. The summed E-state index contributed by atoms with van der Waals surface area (Å²) in [4.78, 5) is 11.7. The van der Waals surface area contributed by atoms with Gasteiger partial charge in [-0.15, -0.1) is 11.3 Å². The van der Waals surface area contributed by atoms with E-state index >= 15 is 0 Å². The highest BCUT2D eigenvalue weighted by Crippen LogP contribution is 2.33. The molecule has 0 aromatic carbocycles. The van der Waals surface area contributed by atoms with Gasteiger partial charge in [-0.1, -0.05) is 11.8 Å². The lowest BCUT2D eigenvalue weighted by Crippen LogP contribution is -2.05. The van der Waals surface area contributed by atoms with Crippen LogP contribution in [0.3, 0.4) is 0 Å². The van der Waals surface area contributed by atoms with Crippen molar-refractivity contribution in [2.24, 2.45) is 0 Å². The minimum Gasteiger partial charge on any atom is -0.219 e. The summed E-state index contributed by atoms with van der Waals surface area (Å²) >= 11 is 3.29. The average Bonchev–Trinajstić information content (AvgIpc) is 2.89. The molecule has 0 unspecified atom stereocenters. The molecule has 3 heterocycles. The van der Waals surface area contributed by atoms with Gasteiger partial charge in [0.15, 0.2) is 11.0 Å². The van der Waals surface area contributed by atoms with Gasteiger partial charge in [-0.3, -0.25) is 0 Å². The first-order valence-corrected chi connectivity index (χ1v) is 8.40. The van der Waals surface area contributed by atoms with Gasteiger partial charge >= 0.3 is 0 Å². The lowest BCUT2D eigenvalue weighted by molar-refractivity contribution is 0.791. The molecule has 0 saturated carbocycles. The molecule has 0 aliphatic carbocycles. The summed E-state index contributed by atoms with van der Waals surface area (Å²) in [6.45, 7) is 8.32. The molecule has 4 nitrogen and oxygen atoms in total. The van der Waals surface area contributed by atoms with E-state index < -0.39 is 0 Å². The maximum Gasteiger partial charge on any atom is 0.190 e. The Labute approximate surface area is 126 Å². The summed E-state index contributed by atoms with van der Waals surface area (Å²) in [6, 6.07) is 2.07. The number of aromatic nitrogens is 4. The smallest absolute Gasteiger partial charge is 0.190 e. The number of nitrogens with zero attached hydrogens (tertiary/aromatic N) is 4. The fraction of sp³-hybridized carbons (Fsp3) is 0.357. The molecule has 104 valence electrons. The SMILES string of the molecule is CSc1nc(-n2nc(C)cc2C)c2c(C)c(C)sc2n1. The molecule has 0 N–H and O–H groups in total. The number of aryl methyl sites for hydroxylation is 4. The molecule has 0 aliphatic heterocycles. The predicted octanol–water partition coefficient (Wildman–Crippen LogP) is 3.83. The van der Waals surface area contributed by atoms with Crippen molar-refractivity contribution in [1.82, 2.24) is 19.7 Å². The van der Waals surface area contributed by atoms with Crippen LogP contribution in [0.5, 0.6) is 0 Å². The molecular formula is C14H16N4S2. The molecule has 3 aromatic heterocycles. The molecule has 3 aromatic rings. The average molecular weight is 304 g/mol. The Bertz CT molecular complexity index is 801. The van der Waals surface area contributed by atoms with Crippen LogP contribution in [0.25, 0.3) is 16.0 Å². The van der Waals surface area contributed by atoms with Gasteiger partial charge in [-0.25, -0.2) is 14.6 Å². The molecular weight excluding hydrogens is 288 g/mol. The zero-order valence-electron chi connectivity index (χ0n) is 12.2. The molecule has 0 amide bonds. The molecule has 6 heteroatoms. The largest absolute Gasteiger partial charge is 0.219 e. The van der Waals surface area contributed by atoms with Gasteiger partial charge in [0, 0.05) is 10.6 Å². The standard InChI is InChI=1S/C14H16N4S2/c1-7-6-8(2)18(17-7)12-11-9(3)10(4)20-13(11)16-14(15-12)19-5/h6H,1-5H3. The Morgan fingerprint density at radius 1 is 1.15 bits per heavy atom. The van der Waals surface area contributed by atoms with Crippen molar-refractivity contribution in [3.63, 3.8) is 0 Å². The van der Waals surface area contributed by atoms with Crippen LogP contribution in [0.2, 0.25) is 0 Å². The minimum absolute atomic E-state index is 0.793. The summed E-state index contributed by atoms with van der Waals surface area (Å²) in [5, 5.41) is 6.49. The van der Waals surface area contributed by atoms with E-state index in [1.54, 1.807) is 23.1 Å². The van der Waals surface area contributed by atoms with Crippen LogP contribution < -0.4 is 0 Å². The van der Waals surface area contributed by atoms with Crippen LogP contribution in [0, 0.1) is 27.7 Å². The Balaban J connectivity index is 2.41. The van der Waals surface area contributed by atoms with Crippen molar-refractivity contribution in [3.8, 4) is 5.82 Å². The summed E-state index contributed by atoms with van der Waals surface area (Å²) in [7, 11) is 0.